The fourth-order valence-electron chi connectivity index (χ4n) is 0.460. The van der Waals surface area contributed by atoms with Gasteiger partial charge in [0, 0.05) is 7.05 Å². The summed E-state index contributed by atoms with van der Waals surface area (Å²) >= 11 is 0. The van der Waals surface area contributed by atoms with E-state index in [-0.39, 0.29) is 11.6 Å². The molecule has 0 aliphatic heterocycles. The fourth-order valence-corrected chi connectivity index (χ4v) is 0.460. The zero-order chi connectivity index (χ0) is 6.85. The molecular weight excluding hydrogens is 108 g/mol. The molecule has 1 aromatic rings. The Bertz CT molecular complexity index is 251. The van der Waals surface area contributed by atoms with E-state index in [1.165, 1.54) is 10.8 Å². The van der Waals surface area contributed by atoms with Crippen molar-refractivity contribution in [1.82, 2.24) is 9.55 Å². The van der Waals surface area contributed by atoms with Gasteiger partial charge in [0.1, 0.15) is 0 Å². The maximum Gasteiger partial charge on any atom is 0.328 e. The molecule has 0 saturated heterocycles. The lowest BCUT2D eigenvalue weighted by Gasteiger charge is -1.76. The predicted octanol–water partition coefficient (Wildman–Crippen LogP) is -0.581. The van der Waals surface area contributed by atoms with Gasteiger partial charge in [0.15, 0.2) is 0 Å². The zero-order valence-electron chi connectivity index (χ0n) is 5.34. The van der Waals surface area contributed by atoms with E-state index < -0.39 is 0 Å². The van der Waals surface area contributed by atoms with Crippen molar-refractivity contribution in [2.24, 2.45) is 7.05 Å². The number of hydrogen-bond donors (Lipinski definition) is 2. The Morgan fingerprint density at radius 3 is 3.12 bits per heavy atom. The van der Waals surface area contributed by atoms with Gasteiger partial charge in [-0.25, -0.2) is 4.79 Å². The second kappa shape index (κ2) is 1.40. The molecule has 4 nitrogen and oxygen atoms in total. The molecule has 1 rings (SSSR count). The highest BCUT2D eigenvalue weighted by Gasteiger charge is 1.91. The largest absolute Gasteiger partial charge is 0.493 e. The number of H-pyrrole nitrogens is 1. The average molecular weight is 115 g/mol. The van der Waals surface area contributed by atoms with Gasteiger partial charge in [-0.05, 0) is 0 Å². The van der Waals surface area contributed by atoms with Crippen LogP contribution in [0.1, 0.15) is 0 Å². The van der Waals surface area contributed by atoms with Crippen LogP contribution in [-0.4, -0.2) is 16.1 Å². The summed E-state index contributed by atoms with van der Waals surface area (Å²) in [5.74, 6) is 0.155. The molecule has 0 fully saturated rings. The lowest BCUT2D eigenvalue weighted by molar-refractivity contribution is 0.455. The van der Waals surface area contributed by atoms with Gasteiger partial charge in [0.05, 0.1) is 6.20 Å². The number of aromatic hydroxyl groups is 1. The molecular formula is C4H6N2O2. The molecule has 0 bridgehead atoms. The molecule has 0 aliphatic rings. The maximum atomic E-state index is 10.5. The molecule has 0 spiro atoms. The Hall–Kier alpha value is -1.19. The number of aromatic amines is 1. The monoisotopic (exact) mass is 115 g/mol. The molecule has 4 heteroatoms. The van der Waals surface area contributed by atoms with Crippen LogP contribution in [0, 0.1) is 0 Å². The molecule has 1 aromatic heterocycles. The number of hydrogen-bond acceptors (Lipinski definition) is 2. The van der Waals surface area contributed by atoms with Gasteiger partial charge >= 0.3 is 5.69 Å². The lowest BCUT2D eigenvalue weighted by atomic mass is 10.8. The first-order valence-corrected chi connectivity index (χ1v) is 2.13. The third-order valence-corrected chi connectivity index (χ3v) is 0.861. The quantitative estimate of drug-likeness (QED) is 0.514. The Morgan fingerprint density at radius 2 is 2.88 bits per heavy atom. The van der Waals surface area contributed by atoms with Crippen LogP contribution in [-0.2, 0) is 7.05 Å². The summed E-state index contributed by atoms with van der Waals surface area (Å²) in [5.41, 5.74) is -0.280. The van der Waals surface area contributed by atoms with Crippen molar-refractivity contribution in [1.29, 1.82) is 1.43 Å². The third-order valence-electron chi connectivity index (χ3n) is 0.861. The highest BCUT2D eigenvalue weighted by molar-refractivity contribution is 4.99. The number of nitrogens with zero attached hydrogens (tertiary/aromatic N) is 1. The Labute approximate surface area is 46.9 Å². The molecule has 0 saturated carbocycles. The molecule has 2 N–H and O–H groups in total. The topological polar surface area (TPSA) is 58.0 Å². The van der Waals surface area contributed by atoms with Crippen LogP contribution in [0.4, 0.5) is 0 Å². The molecule has 44 valence electrons. The molecule has 0 radical (unpaired) electrons. The maximum absolute atomic E-state index is 10.5. The number of rotatable bonds is 1. The van der Waals surface area contributed by atoms with Crippen LogP contribution in [0.5, 0.6) is 5.88 Å². The Kier molecular flexibility index (Phi) is 0.658. The molecule has 0 aromatic carbocycles. The van der Waals surface area contributed by atoms with Crippen molar-refractivity contribution in [3.8, 4) is 5.88 Å². The molecule has 1 heterocycles. The highest BCUT2D eigenvalue weighted by Crippen LogP contribution is 1.93. The van der Waals surface area contributed by atoms with Crippen LogP contribution < -0.4 is 5.69 Å². The summed E-state index contributed by atoms with van der Waals surface area (Å²) in [4.78, 5) is 12.8. The van der Waals surface area contributed by atoms with Crippen molar-refractivity contribution >= 4 is 0 Å². The van der Waals surface area contributed by atoms with E-state index in [9.17, 15) is 4.79 Å². The second-order valence-corrected chi connectivity index (χ2v) is 1.53. The lowest BCUT2D eigenvalue weighted by Crippen LogP contribution is -2.10. The molecule has 8 heavy (non-hydrogen) atoms. The van der Waals surface area contributed by atoms with Crippen molar-refractivity contribution in [3.05, 3.63) is 16.7 Å². The van der Waals surface area contributed by atoms with Gasteiger partial charge in [0.25, 0.3) is 1.43 Å². The van der Waals surface area contributed by atoms with E-state index in [1.807, 2.05) is 0 Å². The van der Waals surface area contributed by atoms with E-state index in [0.29, 0.717) is 0 Å². The van der Waals surface area contributed by atoms with Gasteiger partial charge in [-0.15, -0.1) is 0 Å². The minimum Gasteiger partial charge on any atom is -0.493 e. The third kappa shape index (κ3) is 0.598. The predicted molar refractivity (Wildman–Crippen MR) is 27.7 cm³/mol. The summed E-state index contributed by atoms with van der Waals surface area (Å²) in [6.07, 6.45) is 1.40. The number of imidazole rings is 1. The molecule has 0 atom stereocenters. The van der Waals surface area contributed by atoms with Crippen LogP contribution >= 0.6 is 0 Å². The highest BCUT2D eigenvalue weighted by atomic mass is 16.3. The SMILES string of the molecule is [2H]Oc1cn(C)c(=O)[nH]1. The van der Waals surface area contributed by atoms with Gasteiger partial charge in [-0.2, -0.15) is 0 Å². The average Bonchev–Trinajstić information content (AvgIpc) is 2.13. The van der Waals surface area contributed by atoms with Crippen LogP contribution in [0.25, 0.3) is 0 Å². The van der Waals surface area contributed by atoms with E-state index >= 15 is 0 Å². The number of aryl methyl sites for hydroxylation is 1. The van der Waals surface area contributed by atoms with Crippen molar-refractivity contribution in [3.63, 3.8) is 0 Å². The van der Waals surface area contributed by atoms with Gasteiger partial charge in [-0.1, -0.05) is 0 Å². The molecule has 0 amide bonds. The molecule has 0 unspecified atom stereocenters. The van der Waals surface area contributed by atoms with Crippen molar-refractivity contribution in [2.45, 2.75) is 0 Å². The minimum absolute atomic E-state index is 0.155. The first-order valence-electron chi connectivity index (χ1n) is 2.53. The number of aromatic nitrogens is 2. The van der Waals surface area contributed by atoms with E-state index in [1.54, 1.807) is 7.05 Å². The summed E-state index contributed by atoms with van der Waals surface area (Å²) in [6, 6.07) is 0. The molecule has 0 aliphatic carbocycles. The smallest absolute Gasteiger partial charge is 0.328 e. The Balaban J connectivity index is 3.13. The first kappa shape index (κ1) is 3.77. The van der Waals surface area contributed by atoms with Gasteiger partial charge in [-0.3, -0.25) is 9.55 Å². The Morgan fingerprint density at radius 1 is 2.12 bits per heavy atom. The zero-order valence-corrected chi connectivity index (χ0v) is 4.34. The van der Waals surface area contributed by atoms with E-state index in [0.717, 1.165) is 0 Å². The van der Waals surface area contributed by atoms with E-state index in [2.05, 4.69) is 10.1 Å². The normalized spacial score (nSPS) is 10.9. The van der Waals surface area contributed by atoms with Gasteiger partial charge < -0.3 is 5.11 Å². The fraction of sp³-hybridized carbons (Fsp3) is 0.250. The van der Waals surface area contributed by atoms with Crippen molar-refractivity contribution < 1.29 is 5.11 Å². The summed E-state index contributed by atoms with van der Waals surface area (Å²) in [6.45, 7) is 0. The van der Waals surface area contributed by atoms with Crippen molar-refractivity contribution in [2.75, 3.05) is 0 Å². The standard InChI is InChI=1S/C4H6N2O2/c1-6-2-3(7)5-4(6)8/h2,7H,1H3,(H,5,8)/i/hD. The van der Waals surface area contributed by atoms with Gasteiger partial charge in [0.2, 0.25) is 5.88 Å². The first-order chi connectivity index (χ1) is 4.24. The van der Waals surface area contributed by atoms with Crippen LogP contribution in [0.3, 0.4) is 0 Å². The van der Waals surface area contributed by atoms with E-state index in [4.69, 9.17) is 1.43 Å². The minimum atomic E-state index is -0.280. The second-order valence-electron chi connectivity index (χ2n) is 1.53. The van der Waals surface area contributed by atoms with Crippen LogP contribution in [0.15, 0.2) is 11.0 Å². The van der Waals surface area contributed by atoms with Crippen LogP contribution in [0.2, 0.25) is 0 Å². The summed E-state index contributed by atoms with van der Waals surface area (Å²) in [7, 11) is 1.57. The number of nitrogens with one attached hydrogen (secondary N) is 1. The summed E-state index contributed by atoms with van der Waals surface area (Å²) in [5, 5.41) is 3.99. The summed E-state index contributed by atoms with van der Waals surface area (Å²) < 4.78 is 7.67.